The molecule has 0 spiro atoms. The van der Waals surface area contributed by atoms with Gasteiger partial charge in [-0.3, -0.25) is 4.79 Å². The van der Waals surface area contributed by atoms with Crippen molar-refractivity contribution in [2.24, 2.45) is 0 Å². The van der Waals surface area contributed by atoms with Crippen molar-refractivity contribution in [3.8, 4) is 0 Å². The fourth-order valence-corrected chi connectivity index (χ4v) is 7.98. The van der Waals surface area contributed by atoms with Crippen LogP contribution in [0.1, 0.15) is 80.9 Å². The molecule has 10 heteroatoms. The van der Waals surface area contributed by atoms with E-state index in [1.54, 1.807) is 11.3 Å². The first-order valence-corrected chi connectivity index (χ1v) is 14.2. The van der Waals surface area contributed by atoms with Crippen LogP contribution < -0.4 is 0 Å². The highest BCUT2D eigenvalue weighted by molar-refractivity contribution is 7.93. The minimum atomic E-state index is -3.67. The van der Waals surface area contributed by atoms with Gasteiger partial charge in [0.25, 0.3) is 0 Å². The molecule has 0 N–H and O–H groups in total. The highest BCUT2D eigenvalue weighted by Gasteiger charge is 2.32. The number of hydrogen-bond acceptors (Lipinski definition) is 6. The number of nitrogens with zero attached hydrogens (tertiary/aromatic N) is 1. The lowest BCUT2D eigenvalue weighted by molar-refractivity contribution is 0.0978. The number of Topliss-reactive ketones (excluding diaryl/α,β-unsaturated/α-hetero) is 1. The van der Waals surface area contributed by atoms with Crippen molar-refractivity contribution < 1.29 is 26.4 Å². The largest absolute Gasteiger partial charge is 0.294 e. The number of carbonyl (C=O) groups excluding carboxylic acids is 1. The van der Waals surface area contributed by atoms with Gasteiger partial charge in [0, 0.05) is 21.7 Å². The number of rotatable bonds is 7. The minimum absolute atomic E-state index is 0.0651. The SMILES string of the molecule is CC(C)(C)c1sc(C(C)(C)C)c2sc(S(=O)(=O)CCCCC(=O)c3cc(F)c(F)c(F)c3)nc12. The summed E-state index contributed by atoms with van der Waals surface area (Å²) in [5.41, 5.74) is 0.131. The number of hydrogen-bond donors (Lipinski definition) is 0. The molecule has 0 atom stereocenters. The number of thiazole rings is 1. The highest BCUT2D eigenvalue weighted by Crippen LogP contribution is 2.46. The van der Waals surface area contributed by atoms with Gasteiger partial charge in [-0.15, -0.1) is 22.7 Å². The maximum absolute atomic E-state index is 13.3. The lowest BCUT2D eigenvalue weighted by atomic mass is 9.92. The molecule has 0 amide bonds. The molecule has 0 aliphatic heterocycles. The van der Waals surface area contributed by atoms with Crippen LogP contribution in [0.25, 0.3) is 10.2 Å². The first kappa shape index (κ1) is 26.8. The van der Waals surface area contributed by atoms with Crippen LogP contribution in [0.3, 0.4) is 0 Å². The van der Waals surface area contributed by atoms with Gasteiger partial charge < -0.3 is 0 Å². The molecular formula is C24H28F3NO3S3. The fourth-order valence-electron chi connectivity index (χ4n) is 3.47. The Hall–Kier alpha value is -1.78. The Morgan fingerprint density at radius 1 is 0.912 bits per heavy atom. The Morgan fingerprint density at radius 2 is 1.47 bits per heavy atom. The average molecular weight is 532 g/mol. The summed E-state index contributed by atoms with van der Waals surface area (Å²) >= 11 is 2.86. The Kier molecular flexibility index (Phi) is 7.38. The molecule has 2 aromatic heterocycles. The van der Waals surface area contributed by atoms with Crippen LogP contribution in [0.4, 0.5) is 13.2 Å². The third-order valence-electron chi connectivity index (χ3n) is 5.23. The number of unbranched alkanes of at least 4 members (excludes halogenated alkanes) is 1. The van der Waals surface area contributed by atoms with E-state index in [-0.39, 0.29) is 45.7 Å². The molecule has 0 saturated carbocycles. The molecule has 3 aromatic rings. The summed E-state index contributed by atoms with van der Waals surface area (Å²) in [6.07, 6.45) is 0.290. The van der Waals surface area contributed by atoms with E-state index in [1.807, 2.05) is 0 Å². The van der Waals surface area contributed by atoms with Gasteiger partial charge in [-0.05, 0) is 35.8 Å². The zero-order valence-electron chi connectivity index (χ0n) is 20.0. The summed E-state index contributed by atoms with van der Waals surface area (Å²) in [7, 11) is -3.67. The van der Waals surface area contributed by atoms with Gasteiger partial charge in [0.1, 0.15) is 0 Å². The smallest absolute Gasteiger partial charge is 0.210 e. The predicted octanol–water partition coefficient (Wildman–Crippen LogP) is 7.20. The van der Waals surface area contributed by atoms with Gasteiger partial charge in [-0.1, -0.05) is 41.5 Å². The zero-order valence-corrected chi connectivity index (χ0v) is 22.5. The number of sulfone groups is 1. The zero-order chi connectivity index (χ0) is 25.6. The van der Waals surface area contributed by atoms with Crippen molar-refractivity contribution in [1.82, 2.24) is 4.98 Å². The molecule has 34 heavy (non-hydrogen) atoms. The second kappa shape index (κ2) is 9.35. The number of halogens is 3. The van der Waals surface area contributed by atoms with Crippen LogP contribution in [0.15, 0.2) is 16.5 Å². The molecule has 0 fully saturated rings. The third-order valence-corrected chi connectivity index (χ3v) is 10.7. The molecule has 0 saturated heterocycles. The lowest BCUT2D eigenvalue weighted by Crippen LogP contribution is -2.11. The van der Waals surface area contributed by atoms with E-state index in [9.17, 15) is 26.4 Å². The van der Waals surface area contributed by atoms with Gasteiger partial charge in [0.2, 0.25) is 14.2 Å². The molecule has 0 aliphatic rings. The molecule has 0 radical (unpaired) electrons. The number of thiophene rings is 1. The van der Waals surface area contributed by atoms with E-state index < -0.39 is 33.1 Å². The van der Waals surface area contributed by atoms with Crippen LogP contribution in [0, 0.1) is 17.5 Å². The number of carbonyl (C=O) groups is 1. The molecule has 4 nitrogen and oxygen atoms in total. The summed E-state index contributed by atoms with van der Waals surface area (Å²) in [5, 5.41) is 0. The fraction of sp³-hybridized carbons (Fsp3) is 0.500. The maximum Gasteiger partial charge on any atom is 0.210 e. The van der Waals surface area contributed by atoms with Crippen molar-refractivity contribution in [3.05, 3.63) is 44.9 Å². The number of aromatic nitrogens is 1. The summed E-state index contributed by atoms with van der Waals surface area (Å²) in [6, 6.07) is 1.30. The number of benzene rings is 1. The summed E-state index contributed by atoms with van der Waals surface area (Å²) in [5.74, 6) is -5.26. The van der Waals surface area contributed by atoms with Crippen LogP contribution in [0.5, 0.6) is 0 Å². The van der Waals surface area contributed by atoms with Crippen molar-refractivity contribution in [2.45, 2.75) is 76.0 Å². The van der Waals surface area contributed by atoms with Crippen molar-refractivity contribution in [3.63, 3.8) is 0 Å². The van der Waals surface area contributed by atoms with Gasteiger partial charge >= 0.3 is 0 Å². The molecule has 3 rings (SSSR count). The Balaban J connectivity index is 1.75. The number of ketones is 1. The second-order valence-electron chi connectivity index (χ2n) is 10.4. The Labute approximate surface area is 206 Å². The molecule has 0 unspecified atom stereocenters. The quantitative estimate of drug-likeness (QED) is 0.184. The molecule has 2 heterocycles. The molecule has 1 aromatic carbocycles. The molecular weight excluding hydrogens is 503 g/mol. The Bertz CT molecular complexity index is 1270. The van der Waals surface area contributed by atoms with E-state index in [0.717, 1.165) is 20.0 Å². The molecule has 0 aliphatic carbocycles. The predicted molar refractivity (Wildman–Crippen MR) is 131 cm³/mol. The summed E-state index contributed by atoms with van der Waals surface area (Å²) in [4.78, 5) is 18.9. The van der Waals surface area contributed by atoms with E-state index >= 15 is 0 Å². The van der Waals surface area contributed by atoms with Crippen molar-refractivity contribution in [1.29, 1.82) is 0 Å². The van der Waals surface area contributed by atoms with E-state index in [0.29, 0.717) is 12.1 Å². The van der Waals surface area contributed by atoms with Gasteiger partial charge in [0.05, 0.1) is 16.0 Å². The molecule has 186 valence electrons. The standard InChI is InChI=1S/C24H28F3NO3S3/c1-23(2,3)20-18-19(21(33-20)24(4,5)6)32-22(28-18)34(30,31)10-8-7-9-16(29)13-11-14(25)17(27)15(26)12-13/h11-12H,7-10H2,1-6H3. The second-order valence-corrected chi connectivity index (χ2v) is 14.7. The first-order chi connectivity index (χ1) is 15.5. The van der Waals surface area contributed by atoms with E-state index in [4.69, 9.17) is 0 Å². The topological polar surface area (TPSA) is 64.1 Å². The van der Waals surface area contributed by atoms with Crippen molar-refractivity contribution in [2.75, 3.05) is 5.75 Å². The maximum atomic E-state index is 13.3. The average Bonchev–Trinajstić information content (AvgIpc) is 3.27. The Morgan fingerprint density at radius 3 is 2.00 bits per heavy atom. The van der Waals surface area contributed by atoms with Gasteiger partial charge in [-0.2, -0.15) is 0 Å². The first-order valence-electron chi connectivity index (χ1n) is 10.9. The van der Waals surface area contributed by atoms with Crippen LogP contribution in [0.2, 0.25) is 0 Å². The highest BCUT2D eigenvalue weighted by atomic mass is 32.2. The van der Waals surface area contributed by atoms with Crippen molar-refractivity contribution >= 4 is 48.5 Å². The monoisotopic (exact) mass is 531 g/mol. The van der Waals surface area contributed by atoms with Crippen LogP contribution in [-0.4, -0.2) is 24.9 Å². The van der Waals surface area contributed by atoms with E-state index in [2.05, 4.69) is 46.5 Å². The lowest BCUT2D eigenvalue weighted by Gasteiger charge is -2.18. The van der Waals surface area contributed by atoms with Gasteiger partial charge in [-0.25, -0.2) is 26.6 Å². The number of fused-ring (bicyclic) bond motifs is 1. The summed E-state index contributed by atoms with van der Waals surface area (Å²) < 4.78 is 66.7. The summed E-state index contributed by atoms with van der Waals surface area (Å²) in [6.45, 7) is 12.5. The normalized spacial score (nSPS) is 13.1. The molecule has 0 bridgehead atoms. The van der Waals surface area contributed by atoms with E-state index in [1.165, 1.54) is 11.3 Å². The van der Waals surface area contributed by atoms with Gasteiger partial charge in [0.15, 0.2) is 23.2 Å². The van der Waals surface area contributed by atoms with Crippen LogP contribution in [-0.2, 0) is 20.7 Å². The van der Waals surface area contributed by atoms with Crippen LogP contribution >= 0.6 is 22.7 Å². The third kappa shape index (κ3) is 5.54. The minimum Gasteiger partial charge on any atom is -0.294 e.